The first-order valence-electron chi connectivity index (χ1n) is 7.68. The summed E-state index contributed by atoms with van der Waals surface area (Å²) < 4.78 is 53.6. The molecule has 1 saturated heterocycles. The number of hydrogen-bond acceptors (Lipinski definition) is 2. The predicted octanol–water partition coefficient (Wildman–Crippen LogP) is 2.76. The van der Waals surface area contributed by atoms with Gasteiger partial charge in [-0.25, -0.2) is 9.38 Å². The molecule has 26 heavy (non-hydrogen) atoms. The molecule has 0 radical (unpaired) electrons. The highest BCUT2D eigenvalue weighted by atomic mass is 35.5. The molecule has 0 atom stereocenters. The summed E-state index contributed by atoms with van der Waals surface area (Å²) in [6.07, 6.45) is -1.80. The fraction of sp³-hybridized carbons (Fsp3) is 0.467. The average molecular weight is 398 g/mol. The zero-order chi connectivity index (χ0) is 18.4. The van der Waals surface area contributed by atoms with Gasteiger partial charge in [-0.2, -0.15) is 4.99 Å². The summed E-state index contributed by atoms with van der Waals surface area (Å²) in [4.78, 5) is 9.80. The second-order valence-corrected chi connectivity index (χ2v) is 5.50. The Labute approximate surface area is 154 Å². The van der Waals surface area contributed by atoms with E-state index in [2.05, 4.69) is 14.7 Å². The Kier molecular flexibility index (Phi) is 7.94. The van der Waals surface area contributed by atoms with Crippen molar-refractivity contribution in [2.75, 3.05) is 13.1 Å². The maximum Gasteiger partial charge on any atom is 0.573 e. The number of hydrogen-bond donors (Lipinski definition) is 2. The number of ether oxygens (including phenoxy) is 1. The normalized spacial score (nSPS) is 16.2. The maximum absolute atomic E-state index is 13.3. The van der Waals surface area contributed by atoms with Crippen molar-refractivity contribution in [1.82, 2.24) is 4.90 Å². The van der Waals surface area contributed by atoms with Crippen LogP contribution in [0.25, 0.3) is 0 Å². The second kappa shape index (κ2) is 9.46. The van der Waals surface area contributed by atoms with Crippen LogP contribution in [0, 0.1) is 5.82 Å². The van der Waals surface area contributed by atoms with Gasteiger partial charge in [0.25, 0.3) is 0 Å². The number of rotatable bonds is 3. The Morgan fingerprint density at radius 2 is 1.81 bits per heavy atom. The quantitative estimate of drug-likeness (QED) is 0.466. The Hall–Kier alpha value is -2.23. The summed E-state index contributed by atoms with van der Waals surface area (Å²) in [5.41, 5.74) is 11.8. The maximum atomic E-state index is 13.3. The number of guanidine groups is 2. The highest BCUT2D eigenvalue weighted by molar-refractivity contribution is 5.93. The Balaban J connectivity index is 0.00000338. The Morgan fingerprint density at radius 1 is 1.15 bits per heavy atom. The van der Waals surface area contributed by atoms with Crippen molar-refractivity contribution in [3.8, 4) is 5.75 Å². The first kappa shape index (κ1) is 21.8. The third-order valence-electron chi connectivity index (χ3n) is 3.55. The molecular weight excluding hydrogens is 378 g/mol. The third-order valence-corrected chi connectivity index (χ3v) is 3.55. The molecule has 0 aromatic heterocycles. The minimum atomic E-state index is -4.98. The third kappa shape index (κ3) is 6.95. The molecule has 0 saturated carbocycles. The molecule has 146 valence electrons. The van der Waals surface area contributed by atoms with E-state index in [9.17, 15) is 17.6 Å². The van der Waals surface area contributed by atoms with Crippen LogP contribution in [-0.4, -0.2) is 36.3 Å². The number of piperidine rings is 1. The zero-order valence-corrected chi connectivity index (χ0v) is 14.6. The molecule has 1 aromatic rings. The number of aliphatic imine (C=N–C) groups is 2. The minimum absolute atomic E-state index is 0. The van der Waals surface area contributed by atoms with Crippen LogP contribution in [0.4, 0.5) is 17.6 Å². The van der Waals surface area contributed by atoms with Crippen LogP contribution < -0.4 is 16.2 Å². The van der Waals surface area contributed by atoms with Gasteiger partial charge in [0, 0.05) is 13.1 Å². The molecule has 11 heteroatoms. The van der Waals surface area contributed by atoms with Crippen LogP contribution >= 0.6 is 12.4 Å². The Morgan fingerprint density at radius 3 is 2.42 bits per heavy atom. The smallest absolute Gasteiger partial charge is 0.403 e. The molecule has 0 unspecified atom stereocenters. The first-order chi connectivity index (χ1) is 11.7. The fourth-order valence-electron chi connectivity index (χ4n) is 2.37. The number of alkyl halides is 3. The topological polar surface area (TPSA) is 89.2 Å². The fourth-order valence-corrected chi connectivity index (χ4v) is 2.37. The van der Waals surface area contributed by atoms with E-state index in [0.717, 1.165) is 44.5 Å². The van der Waals surface area contributed by atoms with Gasteiger partial charge in [-0.3, -0.25) is 0 Å². The van der Waals surface area contributed by atoms with E-state index in [-0.39, 0.29) is 36.4 Å². The van der Waals surface area contributed by atoms with Gasteiger partial charge >= 0.3 is 6.36 Å². The number of halogens is 5. The number of likely N-dealkylation sites (tertiary alicyclic amines) is 1. The van der Waals surface area contributed by atoms with Gasteiger partial charge in [0.15, 0.2) is 17.5 Å². The van der Waals surface area contributed by atoms with Gasteiger partial charge in [0.05, 0.1) is 6.54 Å². The molecule has 0 aliphatic carbocycles. The zero-order valence-electron chi connectivity index (χ0n) is 13.8. The molecule has 1 aliphatic heterocycles. The minimum Gasteiger partial charge on any atom is -0.403 e. The van der Waals surface area contributed by atoms with E-state index < -0.39 is 17.9 Å². The van der Waals surface area contributed by atoms with Crippen LogP contribution in [0.3, 0.4) is 0 Å². The van der Waals surface area contributed by atoms with Gasteiger partial charge in [-0.05, 0) is 37.0 Å². The molecule has 2 rings (SSSR count). The molecule has 0 amide bonds. The van der Waals surface area contributed by atoms with E-state index in [4.69, 9.17) is 11.5 Å². The van der Waals surface area contributed by atoms with Crippen molar-refractivity contribution in [2.45, 2.75) is 32.2 Å². The van der Waals surface area contributed by atoms with Gasteiger partial charge in [0.2, 0.25) is 5.96 Å². The largest absolute Gasteiger partial charge is 0.573 e. The van der Waals surface area contributed by atoms with E-state index in [1.165, 1.54) is 6.07 Å². The lowest BCUT2D eigenvalue weighted by molar-refractivity contribution is -0.275. The molecule has 1 aliphatic rings. The molecule has 0 spiro atoms. The second-order valence-electron chi connectivity index (χ2n) is 5.50. The number of benzene rings is 1. The summed E-state index contributed by atoms with van der Waals surface area (Å²) in [7, 11) is 0. The molecule has 1 aromatic carbocycles. The monoisotopic (exact) mass is 397 g/mol. The van der Waals surface area contributed by atoms with E-state index >= 15 is 0 Å². The van der Waals surface area contributed by atoms with Gasteiger partial charge in [-0.1, -0.05) is 6.07 Å². The molecule has 4 N–H and O–H groups in total. The van der Waals surface area contributed by atoms with Crippen molar-refractivity contribution >= 4 is 24.3 Å². The lowest BCUT2D eigenvalue weighted by Crippen LogP contribution is -2.41. The number of nitrogens with two attached hydrogens (primary N) is 2. The highest BCUT2D eigenvalue weighted by Gasteiger charge is 2.32. The van der Waals surface area contributed by atoms with E-state index in [1.54, 1.807) is 0 Å². The summed E-state index contributed by atoms with van der Waals surface area (Å²) in [6.45, 7) is 1.49. The lowest BCUT2D eigenvalue weighted by atomic mass is 10.1. The average Bonchev–Trinajstić information content (AvgIpc) is 2.55. The molecule has 1 heterocycles. The van der Waals surface area contributed by atoms with Crippen molar-refractivity contribution in [1.29, 1.82) is 0 Å². The van der Waals surface area contributed by atoms with E-state index in [0.29, 0.717) is 0 Å². The van der Waals surface area contributed by atoms with Crippen LogP contribution in [0.15, 0.2) is 28.2 Å². The molecule has 0 bridgehead atoms. The summed E-state index contributed by atoms with van der Waals surface area (Å²) in [5.74, 6) is -1.90. The molecule has 1 fully saturated rings. The van der Waals surface area contributed by atoms with Crippen molar-refractivity contribution in [3.05, 3.63) is 29.6 Å². The SMILES string of the molecule is Cl.NC(=NCc1ccc(F)c(OC(F)(F)F)c1)N=C(N)N1CCCCC1. The first-order valence-corrected chi connectivity index (χ1v) is 7.68. The van der Waals surface area contributed by atoms with Gasteiger partial charge in [0.1, 0.15) is 0 Å². The Bertz CT molecular complexity index is 660. The van der Waals surface area contributed by atoms with Crippen LogP contribution in [0.5, 0.6) is 5.75 Å². The summed E-state index contributed by atoms with van der Waals surface area (Å²) in [5, 5.41) is 0. The number of nitrogens with zero attached hydrogens (tertiary/aromatic N) is 3. The van der Waals surface area contributed by atoms with E-state index in [1.807, 2.05) is 4.90 Å². The predicted molar refractivity (Wildman–Crippen MR) is 92.7 cm³/mol. The summed E-state index contributed by atoms with van der Waals surface area (Å²) >= 11 is 0. The van der Waals surface area contributed by atoms with Crippen molar-refractivity contribution in [2.24, 2.45) is 21.5 Å². The molecular formula is C15H20ClF4N5O. The standard InChI is InChI=1S/C15H19F4N5O.ClH/c16-11-5-4-10(8-12(11)25-15(17,18)19)9-22-13(20)23-14(21)24-6-2-1-3-7-24;/h4-5,8H,1-3,6-7,9H2,(H4,20,21,22,23);1H. The van der Waals surface area contributed by atoms with Crippen molar-refractivity contribution in [3.63, 3.8) is 0 Å². The highest BCUT2D eigenvalue weighted by Crippen LogP contribution is 2.26. The summed E-state index contributed by atoms with van der Waals surface area (Å²) in [6, 6.07) is 3.07. The van der Waals surface area contributed by atoms with Gasteiger partial charge < -0.3 is 21.1 Å². The van der Waals surface area contributed by atoms with Gasteiger partial charge in [-0.15, -0.1) is 25.6 Å². The van der Waals surface area contributed by atoms with Crippen LogP contribution in [0.1, 0.15) is 24.8 Å². The van der Waals surface area contributed by atoms with Crippen LogP contribution in [-0.2, 0) is 6.54 Å². The lowest BCUT2D eigenvalue weighted by Gasteiger charge is -2.27. The molecule has 6 nitrogen and oxygen atoms in total. The van der Waals surface area contributed by atoms with Crippen LogP contribution in [0.2, 0.25) is 0 Å². The van der Waals surface area contributed by atoms with Crippen molar-refractivity contribution < 1.29 is 22.3 Å².